The zero-order valence-electron chi connectivity index (χ0n) is 12.8. The van der Waals surface area contributed by atoms with Crippen LogP contribution in [0, 0.1) is 0 Å². The minimum absolute atomic E-state index is 0.331. The zero-order valence-corrected chi connectivity index (χ0v) is 12.8. The summed E-state index contributed by atoms with van der Waals surface area (Å²) in [5.41, 5.74) is 0.720. The first-order chi connectivity index (χ1) is 10.5. The Morgan fingerprint density at radius 2 is 2.05 bits per heavy atom. The summed E-state index contributed by atoms with van der Waals surface area (Å²) in [7, 11) is 0. The van der Waals surface area contributed by atoms with Gasteiger partial charge in [0.2, 0.25) is 5.91 Å². The van der Waals surface area contributed by atoms with Gasteiger partial charge in [-0.2, -0.15) is 0 Å². The molecular weight excluding hydrogens is 282 g/mol. The van der Waals surface area contributed by atoms with E-state index in [-0.39, 0.29) is 5.91 Å². The van der Waals surface area contributed by atoms with E-state index in [4.69, 9.17) is 4.42 Å². The van der Waals surface area contributed by atoms with Crippen molar-refractivity contribution in [2.75, 3.05) is 0 Å². The number of carbonyl (C=O) groups excluding carboxylic acids is 1. The molecule has 0 aliphatic heterocycles. The zero-order chi connectivity index (χ0) is 16.1. The smallest absolute Gasteiger partial charge is 0.326 e. The van der Waals surface area contributed by atoms with Gasteiger partial charge in [-0.3, -0.25) is 4.79 Å². The minimum atomic E-state index is -1.00. The second kappa shape index (κ2) is 7.11. The Labute approximate surface area is 129 Å². The van der Waals surface area contributed by atoms with Crippen molar-refractivity contribution in [3.63, 3.8) is 0 Å². The Balaban J connectivity index is 2.08. The van der Waals surface area contributed by atoms with E-state index < -0.39 is 17.9 Å². The van der Waals surface area contributed by atoms with Gasteiger partial charge >= 0.3 is 5.97 Å². The molecule has 1 amide bonds. The Morgan fingerprint density at radius 1 is 1.32 bits per heavy atom. The van der Waals surface area contributed by atoms with Crippen LogP contribution >= 0.6 is 0 Å². The number of furan rings is 1. The predicted octanol–water partition coefficient (Wildman–Crippen LogP) is 3.30. The average molecular weight is 303 g/mol. The number of nitrogens with one attached hydrogen (secondary N) is 1. The van der Waals surface area contributed by atoms with Gasteiger partial charge < -0.3 is 14.8 Å². The fourth-order valence-corrected chi connectivity index (χ4v) is 2.31. The van der Waals surface area contributed by atoms with Crippen LogP contribution in [-0.2, 0) is 9.59 Å². The molecule has 2 N–H and O–H groups in total. The summed E-state index contributed by atoms with van der Waals surface area (Å²) in [4.78, 5) is 23.5. The summed E-state index contributed by atoms with van der Waals surface area (Å²) in [6, 6.07) is 8.49. The Kier molecular flexibility index (Phi) is 5.20. The Hall–Kier alpha value is -2.30. The maximum Gasteiger partial charge on any atom is 0.326 e. The van der Waals surface area contributed by atoms with E-state index in [1.807, 2.05) is 37.3 Å². The van der Waals surface area contributed by atoms with Gasteiger partial charge in [-0.1, -0.05) is 38.0 Å². The second-order valence-electron chi connectivity index (χ2n) is 5.45. The standard InChI is InChI=1S/C17H21NO4/c1-3-4-8-13(17(20)21)18-16(19)11(2)15-10-12-7-5-6-9-14(12)22-15/h5-7,9-11,13H,3-4,8H2,1-2H3,(H,18,19)(H,20,21). The third-order valence-electron chi connectivity index (χ3n) is 3.73. The molecule has 0 spiro atoms. The molecule has 2 rings (SSSR count). The topological polar surface area (TPSA) is 79.5 Å². The van der Waals surface area contributed by atoms with E-state index in [0.29, 0.717) is 12.2 Å². The summed E-state index contributed by atoms with van der Waals surface area (Å²) in [6.07, 6.45) is 2.08. The normalized spacial score (nSPS) is 13.7. The molecule has 0 radical (unpaired) electrons. The molecule has 5 nitrogen and oxygen atoms in total. The van der Waals surface area contributed by atoms with Crippen molar-refractivity contribution in [3.05, 3.63) is 36.1 Å². The highest BCUT2D eigenvalue weighted by atomic mass is 16.4. The fraction of sp³-hybridized carbons (Fsp3) is 0.412. The maximum atomic E-state index is 12.3. The molecule has 0 bridgehead atoms. The molecule has 118 valence electrons. The van der Waals surface area contributed by atoms with Gasteiger partial charge in [0.15, 0.2) is 0 Å². The molecule has 0 saturated heterocycles. The molecule has 2 aromatic rings. The van der Waals surface area contributed by atoms with Crippen LogP contribution in [0.2, 0.25) is 0 Å². The number of aliphatic carboxylic acids is 1. The van der Waals surface area contributed by atoms with Crippen molar-refractivity contribution in [2.24, 2.45) is 0 Å². The molecule has 1 aromatic heterocycles. The Morgan fingerprint density at radius 3 is 2.68 bits per heavy atom. The van der Waals surface area contributed by atoms with Crippen LogP contribution in [0.25, 0.3) is 11.0 Å². The number of amides is 1. The van der Waals surface area contributed by atoms with Crippen LogP contribution in [0.1, 0.15) is 44.8 Å². The first kappa shape index (κ1) is 16.1. The number of fused-ring (bicyclic) bond motifs is 1. The average Bonchev–Trinajstić information content (AvgIpc) is 2.94. The molecule has 5 heteroatoms. The highest BCUT2D eigenvalue weighted by Crippen LogP contribution is 2.25. The largest absolute Gasteiger partial charge is 0.480 e. The quantitative estimate of drug-likeness (QED) is 0.822. The van der Waals surface area contributed by atoms with Crippen LogP contribution in [0.5, 0.6) is 0 Å². The van der Waals surface area contributed by atoms with Gasteiger partial charge in [-0.25, -0.2) is 4.79 Å². The molecule has 22 heavy (non-hydrogen) atoms. The van der Waals surface area contributed by atoms with Gasteiger partial charge in [-0.15, -0.1) is 0 Å². The van der Waals surface area contributed by atoms with Crippen LogP contribution in [-0.4, -0.2) is 23.0 Å². The molecule has 0 aliphatic carbocycles. The number of unbranched alkanes of at least 4 members (excludes halogenated alkanes) is 1. The van der Waals surface area contributed by atoms with Crippen LogP contribution in [0.4, 0.5) is 0 Å². The van der Waals surface area contributed by atoms with Crippen LogP contribution < -0.4 is 5.32 Å². The van der Waals surface area contributed by atoms with Gasteiger partial charge in [0.05, 0.1) is 5.92 Å². The summed E-state index contributed by atoms with van der Waals surface area (Å²) in [5.74, 6) is -1.32. The number of hydrogen-bond donors (Lipinski definition) is 2. The van der Waals surface area contributed by atoms with Crippen molar-refractivity contribution in [2.45, 2.75) is 45.1 Å². The van der Waals surface area contributed by atoms with E-state index >= 15 is 0 Å². The minimum Gasteiger partial charge on any atom is -0.480 e. The Bertz CT molecular complexity index is 628. The molecular formula is C17H21NO4. The summed E-state index contributed by atoms with van der Waals surface area (Å²) in [6.45, 7) is 3.70. The highest BCUT2D eigenvalue weighted by Gasteiger charge is 2.25. The molecule has 1 aromatic carbocycles. The number of carboxylic acids is 1. The van der Waals surface area contributed by atoms with Crippen molar-refractivity contribution in [1.29, 1.82) is 0 Å². The number of carbonyl (C=O) groups is 2. The van der Waals surface area contributed by atoms with Crippen molar-refractivity contribution in [3.8, 4) is 0 Å². The van der Waals surface area contributed by atoms with Crippen LogP contribution in [0.3, 0.4) is 0 Å². The molecule has 0 aliphatic rings. The molecule has 0 fully saturated rings. The van der Waals surface area contributed by atoms with Gasteiger partial charge in [0.1, 0.15) is 17.4 Å². The van der Waals surface area contributed by atoms with Crippen LogP contribution in [0.15, 0.2) is 34.7 Å². The van der Waals surface area contributed by atoms with Gasteiger partial charge in [-0.05, 0) is 25.5 Å². The summed E-state index contributed by atoms with van der Waals surface area (Å²) >= 11 is 0. The lowest BCUT2D eigenvalue weighted by Gasteiger charge is -2.16. The SMILES string of the molecule is CCCCC(NC(=O)C(C)c1cc2ccccc2o1)C(=O)O. The molecule has 1 heterocycles. The van der Waals surface area contributed by atoms with Crippen molar-refractivity contribution < 1.29 is 19.1 Å². The number of carboxylic acid groups (broad SMARTS) is 1. The first-order valence-electron chi connectivity index (χ1n) is 7.54. The van der Waals surface area contributed by atoms with E-state index in [1.165, 1.54) is 0 Å². The molecule has 2 atom stereocenters. The third-order valence-corrected chi connectivity index (χ3v) is 3.73. The van der Waals surface area contributed by atoms with E-state index in [2.05, 4.69) is 5.32 Å². The lowest BCUT2D eigenvalue weighted by molar-refractivity contribution is -0.142. The van der Waals surface area contributed by atoms with Gasteiger partial charge in [0.25, 0.3) is 0 Å². The summed E-state index contributed by atoms with van der Waals surface area (Å²) in [5, 5.41) is 12.7. The summed E-state index contributed by atoms with van der Waals surface area (Å²) < 4.78 is 5.67. The number of hydrogen-bond acceptors (Lipinski definition) is 3. The lowest BCUT2D eigenvalue weighted by atomic mass is 10.1. The third kappa shape index (κ3) is 3.67. The van der Waals surface area contributed by atoms with E-state index in [0.717, 1.165) is 23.8 Å². The van der Waals surface area contributed by atoms with E-state index in [9.17, 15) is 14.7 Å². The second-order valence-corrected chi connectivity index (χ2v) is 5.45. The lowest BCUT2D eigenvalue weighted by Crippen LogP contribution is -2.42. The maximum absolute atomic E-state index is 12.3. The number of benzene rings is 1. The fourth-order valence-electron chi connectivity index (χ4n) is 2.31. The predicted molar refractivity (Wildman–Crippen MR) is 83.7 cm³/mol. The van der Waals surface area contributed by atoms with Crippen molar-refractivity contribution in [1.82, 2.24) is 5.32 Å². The number of rotatable bonds is 7. The monoisotopic (exact) mass is 303 g/mol. The molecule has 2 unspecified atom stereocenters. The highest BCUT2D eigenvalue weighted by molar-refractivity contribution is 5.88. The van der Waals surface area contributed by atoms with E-state index in [1.54, 1.807) is 6.92 Å². The molecule has 0 saturated carbocycles. The number of para-hydroxylation sites is 1. The van der Waals surface area contributed by atoms with Gasteiger partial charge in [0, 0.05) is 5.39 Å². The van der Waals surface area contributed by atoms with Crippen molar-refractivity contribution >= 4 is 22.8 Å². The first-order valence-corrected chi connectivity index (χ1v) is 7.54.